The summed E-state index contributed by atoms with van der Waals surface area (Å²) in [6.45, 7) is 7.85. The van der Waals surface area contributed by atoms with Gasteiger partial charge < -0.3 is 0 Å². The number of allylic oxidation sites excluding steroid dienone is 2. The SMILES string of the molecule is CCCCC=CCCCCCCCCC(C)[N]CCCC. The fourth-order valence-corrected chi connectivity index (χ4v) is 2.53. The van der Waals surface area contributed by atoms with E-state index in [2.05, 4.69) is 32.9 Å². The van der Waals surface area contributed by atoms with E-state index in [1.807, 2.05) is 0 Å². The second-order valence-corrected chi connectivity index (χ2v) is 6.42. The maximum atomic E-state index is 4.70. The standard InChI is InChI=1S/C20H40N/c1-4-6-8-9-10-11-12-13-14-15-16-17-18-20(3)21-19-7-5-2/h9-10,20H,4-8,11-19H2,1-3H3. The summed E-state index contributed by atoms with van der Waals surface area (Å²) in [5, 5.41) is 4.70. The van der Waals surface area contributed by atoms with E-state index >= 15 is 0 Å². The molecule has 0 bridgehead atoms. The van der Waals surface area contributed by atoms with Gasteiger partial charge in [-0.25, -0.2) is 5.32 Å². The zero-order chi connectivity index (χ0) is 15.6. The Bertz CT molecular complexity index is 210. The number of hydrogen-bond acceptors (Lipinski definition) is 0. The third kappa shape index (κ3) is 17.6. The Hall–Kier alpha value is -0.300. The molecule has 0 heterocycles. The smallest absolute Gasteiger partial charge is 0.0217 e. The van der Waals surface area contributed by atoms with Crippen molar-refractivity contribution in [3.63, 3.8) is 0 Å². The first-order valence-electron chi connectivity index (χ1n) is 9.62. The Labute approximate surface area is 135 Å². The number of hydrogen-bond donors (Lipinski definition) is 0. The van der Waals surface area contributed by atoms with Crippen LogP contribution in [0.4, 0.5) is 0 Å². The average Bonchev–Trinajstić information content (AvgIpc) is 2.48. The Kier molecular flexibility index (Phi) is 17.5. The Morgan fingerprint density at radius 2 is 1.29 bits per heavy atom. The molecule has 1 heteroatoms. The van der Waals surface area contributed by atoms with E-state index in [0.29, 0.717) is 6.04 Å². The highest BCUT2D eigenvalue weighted by atomic mass is 14.9. The molecule has 0 saturated heterocycles. The molecule has 0 saturated carbocycles. The van der Waals surface area contributed by atoms with Crippen LogP contribution in [-0.4, -0.2) is 12.6 Å². The largest absolute Gasteiger partial charge is 0.239 e. The molecule has 21 heavy (non-hydrogen) atoms. The van der Waals surface area contributed by atoms with Gasteiger partial charge in [-0.2, -0.15) is 0 Å². The van der Waals surface area contributed by atoms with Gasteiger partial charge in [0.05, 0.1) is 0 Å². The van der Waals surface area contributed by atoms with E-state index in [-0.39, 0.29) is 0 Å². The van der Waals surface area contributed by atoms with E-state index in [4.69, 9.17) is 5.32 Å². The van der Waals surface area contributed by atoms with Gasteiger partial charge in [-0.05, 0) is 39.0 Å². The van der Waals surface area contributed by atoms with E-state index in [1.165, 1.54) is 83.5 Å². The minimum absolute atomic E-state index is 0.588. The summed E-state index contributed by atoms with van der Waals surface area (Å²) in [6, 6.07) is 0.588. The van der Waals surface area contributed by atoms with Gasteiger partial charge in [-0.1, -0.05) is 77.4 Å². The van der Waals surface area contributed by atoms with Crippen molar-refractivity contribution >= 4 is 0 Å². The molecule has 0 spiro atoms. The molecule has 1 unspecified atom stereocenters. The van der Waals surface area contributed by atoms with Crippen LogP contribution in [0, 0.1) is 0 Å². The predicted molar refractivity (Wildman–Crippen MR) is 97.0 cm³/mol. The molecule has 1 atom stereocenters. The van der Waals surface area contributed by atoms with E-state index in [9.17, 15) is 0 Å². The summed E-state index contributed by atoms with van der Waals surface area (Å²) in [6.07, 6.45) is 22.2. The lowest BCUT2D eigenvalue weighted by Gasteiger charge is -2.10. The van der Waals surface area contributed by atoms with Crippen LogP contribution in [0.2, 0.25) is 0 Å². The van der Waals surface area contributed by atoms with Crippen molar-refractivity contribution in [2.75, 3.05) is 6.54 Å². The molecular weight excluding hydrogens is 254 g/mol. The lowest BCUT2D eigenvalue weighted by atomic mass is 10.1. The van der Waals surface area contributed by atoms with Crippen molar-refractivity contribution in [3.8, 4) is 0 Å². The first kappa shape index (κ1) is 20.7. The highest BCUT2D eigenvalue weighted by Crippen LogP contribution is 2.10. The first-order chi connectivity index (χ1) is 10.3. The third-order valence-electron chi connectivity index (χ3n) is 4.09. The summed E-state index contributed by atoms with van der Waals surface area (Å²) in [5.74, 6) is 0. The van der Waals surface area contributed by atoms with Crippen molar-refractivity contribution < 1.29 is 0 Å². The quantitative estimate of drug-likeness (QED) is 0.223. The zero-order valence-corrected chi connectivity index (χ0v) is 15.1. The maximum Gasteiger partial charge on any atom is 0.0217 e. The minimum atomic E-state index is 0.588. The molecule has 0 aromatic carbocycles. The molecule has 1 radical (unpaired) electrons. The molecule has 0 aromatic rings. The fourth-order valence-electron chi connectivity index (χ4n) is 2.53. The summed E-state index contributed by atoms with van der Waals surface area (Å²) < 4.78 is 0. The number of nitrogens with zero attached hydrogens (tertiary/aromatic N) is 1. The molecular formula is C20H40N. The molecule has 125 valence electrons. The van der Waals surface area contributed by atoms with E-state index < -0.39 is 0 Å². The molecule has 0 fully saturated rings. The Morgan fingerprint density at radius 1 is 0.714 bits per heavy atom. The Balaban J connectivity index is 3.13. The van der Waals surface area contributed by atoms with Gasteiger partial charge in [-0.3, -0.25) is 0 Å². The molecule has 0 rings (SSSR count). The van der Waals surface area contributed by atoms with Crippen molar-refractivity contribution in [2.45, 2.75) is 110 Å². The average molecular weight is 295 g/mol. The molecule has 0 amide bonds. The van der Waals surface area contributed by atoms with Crippen molar-refractivity contribution in [2.24, 2.45) is 0 Å². The summed E-state index contributed by atoms with van der Waals surface area (Å²) in [7, 11) is 0. The molecule has 0 aromatic heterocycles. The van der Waals surface area contributed by atoms with Crippen LogP contribution in [0.15, 0.2) is 12.2 Å². The lowest BCUT2D eigenvalue weighted by Crippen LogP contribution is -2.19. The van der Waals surface area contributed by atoms with Crippen LogP contribution in [0.5, 0.6) is 0 Å². The molecule has 0 aliphatic rings. The topological polar surface area (TPSA) is 14.1 Å². The fraction of sp³-hybridized carbons (Fsp3) is 0.900. The van der Waals surface area contributed by atoms with Gasteiger partial charge in [0, 0.05) is 12.6 Å². The highest BCUT2D eigenvalue weighted by molar-refractivity contribution is 4.81. The second-order valence-electron chi connectivity index (χ2n) is 6.42. The van der Waals surface area contributed by atoms with Gasteiger partial charge >= 0.3 is 0 Å². The van der Waals surface area contributed by atoms with E-state index in [1.54, 1.807) is 0 Å². The van der Waals surface area contributed by atoms with Crippen LogP contribution in [-0.2, 0) is 0 Å². The summed E-state index contributed by atoms with van der Waals surface area (Å²) in [4.78, 5) is 0. The Morgan fingerprint density at radius 3 is 1.95 bits per heavy atom. The van der Waals surface area contributed by atoms with E-state index in [0.717, 1.165) is 6.54 Å². The van der Waals surface area contributed by atoms with Crippen molar-refractivity contribution in [1.29, 1.82) is 0 Å². The van der Waals surface area contributed by atoms with Gasteiger partial charge in [0.2, 0.25) is 0 Å². The normalized spacial score (nSPS) is 13.1. The summed E-state index contributed by atoms with van der Waals surface area (Å²) >= 11 is 0. The molecule has 0 aliphatic heterocycles. The molecule has 1 nitrogen and oxygen atoms in total. The van der Waals surface area contributed by atoms with Crippen molar-refractivity contribution in [3.05, 3.63) is 12.2 Å². The van der Waals surface area contributed by atoms with Crippen LogP contribution >= 0.6 is 0 Å². The van der Waals surface area contributed by atoms with Gasteiger partial charge in [0.15, 0.2) is 0 Å². The second kappa shape index (κ2) is 17.8. The van der Waals surface area contributed by atoms with Gasteiger partial charge in [-0.15, -0.1) is 0 Å². The molecule has 0 aliphatic carbocycles. The maximum absolute atomic E-state index is 4.70. The van der Waals surface area contributed by atoms with Crippen LogP contribution < -0.4 is 5.32 Å². The lowest BCUT2D eigenvalue weighted by molar-refractivity contribution is 0.465. The predicted octanol–water partition coefficient (Wildman–Crippen LogP) is 6.65. The van der Waals surface area contributed by atoms with Gasteiger partial charge in [0.25, 0.3) is 0 Å². The van der Waals surface area contributed by atoms with Crippen LogP contribution in [0.25, 0.3) is 0 Å². The monoisotopic (exact) mass is 294 g/mol. The van der Waals surface area contributed by atoms with Gasteiger partial charge in [0.1, 0.15) is 0 Å². The zero-order valence-electron chi connectivity index (χ0n) is 15.1. The third-order valence-corrected chi connectivity index (χ3v) is 4.09. The van der Waals surface area contributed by atoms with Crippen LogP contribution in [0.3, 0.4) is 0 Å². The number of rotatable bonds is 16. The van der Waals surface area contributed by atoms with Crippen molar-refractivity contribution in [1.82, 2.24) is 5.32 Å². The highest BCUT2D eigenvalue weighted by Gasteiger charge is 2.01. The minimum Gasteiger partial charge on any atom is -0.239 e. The first-order valence-corrected chi connectivity index (χ1v) is 9.62. The summed E-state index contributed by atoms with van der Waals surface area (Å²) in [5.41, 5.74) is 0. The molecule has 0 N–H and O–H groups in total. The van der Waals surface area contributed by atoms with Crippen LogP contribution in [0.1, 0.15) is 104 Å². The number of unbranched alkanes of at least 4 members (excludes halogenated alkanes) is 9.